The van der Waals surface area contributed by atoms with Crippen LogP contribution in [0.2, 0.25) is 0 Å². The Bertz CT molecular complexity index is 1610. The summed E-state index contributed by atoms with van der Waals surface area (Å²) >= 11 is 0. The first kappa shape index (κ1) is 29.0. The standard InChI is InChI=1S/C30H30F3N7O2/c1-4-24(41)37-23-15-18(11-12-34-23)25-22(31)10-5-19-16-35-29(38-26(19)25)36-20-6-8-21(9-7-20)40-14-13-39(17-30(2,3)42)27(32)28(40)33/h4-12,15-16,27-28,42H,1,13-14,17H2,2-3H3,(H,34,37,41)(H,35,36,38). The number of carbonyl (C=O) groups excluding carboxylic acids is 1. The molecular formula is C30H30F3N7O2. The minimum atomic E-state index is -1.89. The molecule has 12 heteroatoms. The van der Waals surface area contributed by atoms with Crippen LogP contribution < -0.4 is 15.5 Å². The van der Waals surface area contributed by atoms with Gasteiger partial charge in [-0.1, -0.05) is 6.58 Å². The van der Waals surface area contributed by atoms with Gasteiger partial charge in [0.25, 0.3) is 0 Å². The maximum absolute atomic E-state index is 15.1. The fraction of sp³-hybridized carbons (Fsp3) is 0.267. The fourth-order valence-electron chi connectivity index (χ4n) is 4.84. The highest BCUT2D eigenvalue weighted by Gasteiger charge is 2.39. The first-order valence-corrected chi connectivity index (χ1v) is 13.3. The van der Waals surface area contributed by atoms with Crippen molar-refractivity contribution in [2.45, 2.75) is 32.0 Å². The molecule has 2 unspecified atom stereocenters. The number of piperazine rings is 1. The van der Waals surface area contributed by atoms with Gasteiger partial charge in [0, 0.05) is 54.4 Å². The predicted molar refractivity (Wildman–Crippen MR) is 156 cm³/mol. The number of anilines is 4. The summed E-state index contributed by atoms with van der Waals surface area (Å²) in [5, 5.41) is 16.2. The van der Waals surface area contributed by atoms with E-state index in [1.54, 1.807) is 56.4 Å². The van der Waals surface area contributed by atoms with Crippen LogP contribution >= 0.6 is 0 Å². The van der Waals surface area contributed by atoms with Crippen molar-refractivity contribution in [2.75, 3.05) is 35.2 Å². The average Bonchev–Trinajstić information content (AvgIpc) is 2.95. The van der Waals surface area contributed by atoms with E-state index in [9.17, 15) is 18.7 Å². The van der Waals surface area contributed by atoms with Gasteiger partial charge in [0.2, 0.25) is 24.4 Å². The van der Waals surface area contributed by atoms with E-state index < -0.39 is 29.9 Å². The van der Waals surface area contributed by atoms with Crippen LogP contribution in [0.5, 0.6) is 0 Å². The van der Waals surface area contributed by atoms with Crippen molar-refractivity contribution < 1.29 is 23.1 Å². The number of rotatable bonds is 8. The van der Waals surface area contributed by atoms with Crippen molar-refractivity contribution in [3.05, 3.63) is 79.4 Å². The van der Waals surface area contributed by atoms with Crippen LogP contribution in [0.25, 0.3) is 22.0 Å². The number of alkyl halides is 2. The summed E-state index contributed by atoms with van der Waals surface area (Å²) in [6.45, 7) is 7.07. The van der Waals surface area contributed by atoms with E-state index in [4.69, 9.17) is 0 Å². The molecule has 3 heterocycles. The molecule has 2 aromatic carbocycles. The van der Waals surface area contributed by atoms with Crippen molar-refractivity contribution >= 4 is 40.0 Å². The number of aromatic nitrogens is 3. The number of hydrogen-bond acceptors (Lipinski definition) is 8. The van der Waals surface area contributed by atoms with E-state index in [1.165, 1.54) is 28.1 Å². The van der Waals surface area contributed by atoms with Gasteiger partial charge in [0.15, 0.2) is 0 Å². The van der Waals surface area contributed by atoms with Crippen LogP contribution in [0.15, 0.2) is 73.6 Å². The number of carbonyl (C=O) groups is 1. The number of nitrogens with zero attached hydrogens (tertiary/aromatic N) is 5. The van der Waals surface area contributed by atoms with E-state index in [0.717, 1.165) is 6.08 Å². The Morgan fingerprint density at radius 3 is 2.60 bits per heavy atom. The molecule has 0 bridgehead atoms. The average molecular weight is 578 g/mol. The molecule has 1 saturated heterocycles. The Balaban J connectivity index is 1.36. The maximum Gasteiger partial charge on any atom is 0.248 e. The van der Waals surface area contributed by atoms with Gasteiger partial charge in [-0.25, -0.2) is 28.1 Å². The number of benzene rings is 2. The lowest BCUT2D eigenvalue weighted by Gasteiger charge is -2.42. The predicted octanol–water partition coefficient (Wildman–Crippen LogP) is 5.18. The molecule has 1 aliphatic heterocycles. The molecule has 3 N–H and O–H groups in total. The Morgan fingerprint density at radius 2 is 1.88 bits per heavy atom. The second-order valence-corrected chi connectivity index (χ2v) is 10.6. The van der Waals surface area contributed by atoms with Gasteiger partial charge >= 0.3 is 0 Å². The lowest BCUT2D eigenvalue weighted by Crippen LogP contribution is -2.58. The van der Waals surface area contributed by atoms with Crippen LogP contribution in [-0.2, 0) is 4.79 Å². The van der Waals surface area contributed by atoms with Gasteiger partial charge in [0.1, 0.15) is 11.6 Å². The van der Waals surface area contributed by atoms with E-state index in [1.807, 2.05) is 0 Å². The summed E-state index contributed by atoms with van der Waals surface area (Å²) in [6.07, 6.45) is 0.354. The molecule has 218 valence electrons. The van der Waals surface area contributed by atoms with E-state index in [0.29, 0.717) is 27.8 Å². The van der Waals surface area contributed by atoms with Crippen LogP contribution in [0.3, 0.4) is 0 Å². The van der Waals surface area contributed by atoms with E-state index in [2.05, 4.69) is 32.2 Å². The first-order valence-electron chi connectivity index (χ1n) is 13.3. The Kier molecular flexibility index (Phi) is 8.10. The summed E-state index contributed by atoms with van der Waals surface area (Å²) in [7, 11) is 0. The lowest BCUT2D eigenvalue weighted by molar-refractivity contribution is -0.111. The molecule has 4 aromatic rings. The zero-order chi connectivity index (χ0) is 30.0. The summed E-state index contributed by atoms with van der Waals surface area (Å²) < 4.78 is 44.9. The monoisotopic (exact) mass is 577 g/mol. The molecule has 9 nitrogen and oxygen atoms in total. The Labute approximate surface area is 240 Å². The van der Waals surface area contributed by atoms with Gasteiger partial charge in [-0.2, -0.15) is 0 Å². The van der Waals surface area contributed by atoms with Crippen LogP contribution in [0, 0.1) is 5.82 Å². The van der Waals surface area contributed by atoms with Crippen molar-refractivity contribution in [1.29, 1.82) is 0 Å². The Morgan fingerprint density at radius 1 is 1.12 bits per heavy atom. The number of nitrogens with one attached hydrogen (secondary N) is 2. The van der Waals surface area contributed by atoms with Gasteiger partial charge in [-0.15, -0.1) is 0 Å². The molecule has 0 radical (unpaired) electrons. The van der Waals surface area contributed by atoms with E-state index in [-0.39, 0.29) is 37.0 Å². The molecule has 0 spiro atoms. The summed E-state index contributed by atoms with van der Waals surface area (Å²) in [5.41, 5.74) is 0.955. The van der Waals surface area contributed by atoms with Crippen molar-refractivity contribution in [3.63, 3.8) is 0 Å². The number of amides is 1. The van der Waals surface area contributed by atoms with Crippen LogP contribution in [0.4, 0.5) is 36.3 Å². The quantitative estimate of drug-likeness (QED) is 0.194. The minimum Gasteiger partial charge on any atom is -0.389 e. The molecule has 2 atom stereocenters. The highest BCUT2D eigenvalue weighted by atomic mass is 19.2. The van der Waals surface area contributed by atoms with E-state index >= 15 is 4.39 Å². The molecule has 0 aliphatic carbocycles. The summed E-state index contributed by atoms with van der Waals surface area (Å²) in [5.74, 6) is -0.533. The van der Waals surface area contributed by atoms with Crippen LogP contribution in [0.1, 0.15) is 13.8 Å². The zero-order valence-electron chi connectivity index (χ0n) is 23.1. The molecule has 42 heavy (non-hydrogen) atoms. The third-order valence-electron chi connectivity index (χ3n) is 6.73. The van der Waals surface area contributed by atoms with Crippen molar-refractivity contribution in [2.24, 2.45) is 0 Å². The van der Waals surface area contributed by atoms with Gasteiger partial charge < -0.3 is 20.6 Å². The Hall–Kier alpha value is -4.55. The normalized spacial score (nSPS) is 17.7. The molecule has 1 amide bonds. The third kappa shape index (κ3) is 6.34. The lowest BCUT2D eigenvalue weighted by atomic mass is 10.0. The number of hydrogen-bond donors (Lipinski definition) is 3. The molecule has 0 saturated carbocycles. The largest absolute Gasteiger partial charge is 0.389 e. The zero-order valence-corrected chi connectivity index (χ0v) is 23.1. The topological polar surface area (TPSA) is 107 Å². The number of fused-ring (bicyclic) bond motifs is 1. The number of β-amino-alcohol motifs (C(OH)–C–C–N with tert-alkyl or cyclic N) is 1. The highest BCUT2D eigenvalue weighted by Crippen LogP contribution is 2.33. The molecule has 1 aliphatic rings. The highest BCUT2D eigenvalue weighted by molar-refractivity contribution is 5.99. The van der Waals surface area contributed by atoms with Gasteiger partial charge in [0.05, 0.1) is 11.1 Å². The number of halogens is 3. The molecule has 5 rings (SSSR count). The number of aliphatic hydroxyl groups is 1. The number of pyridine rings is 1. The molecule has 2 aromatic heterocycles. The molecule has 1 fully saturated rings. The van der Waals surface area contributed by atoms with Crippen molar-refractivity contribution in [1.82, 2.24) is 19.9 Å². The second kappa shape index (κ2) is 11.7. The third-order valence-corrected chi connectivity index (χ3v) is 6.73. The summed E-state index contributed by atoms with van der Waals surface area (Å²) in [4.78, 5) is 27.3. The fourth-order valence-corrected chi connectivity index (χ4v) is 4.84. The maximum atomic E-state index is 15.1. The summed E-state index contributed by atoms with van der Waals surface area (Å²) in [6, 6.07) is 12.7. The minimum absolute atomic E-state index is 0.0247. The molecular weight excluding hydrogens is 547 g/mol. The van der Waals surface area contributed by atoms with Gasteiger partial charge in [-0.3, -0.25) is 9.69 Å². The first-order chi connectivity index (χ1) is 20.0. The van der Waals surface area contributed by atoms with Crippen molar-refractivity contribution in [3.8, 4) is 11.1 Å². The second-order valence-electron chi connectivity index (χ2n) is 10.6. The van der Waals surface area contributed by atoms with Gasteiger partial charge in [-0.05, 0) is 74.0 Å². The SMILES string of the molecule is C=CC(=O)Nc1cc(-c2c(F)ccc3cnc(Nc4ccc(N5CCN(CC(C)(C)O)C(F)C5F)cc4)nc23)ccn1. The van der Waals surface area contributed by atoms with Crippen LogP contribution in [-0.4, -0.2) is 68.7 Å². The smallest absolute Gasteiger partial charge is 0.248 e.